The van der Waals surface area contributed by atoms with E-state index < -0.39 is 17.6 Å². The number of primary amides is 1. The van der Waals surface area contributed by atoms with Crippen LogP contribution in [0.5, 0.6) is 0 Å². The van der Waals surface area contributed by atoms with Gasteiger partial charge in [-0.2, -0.15) is 0 Å². The zero-order chi connectivity index (χ0) is 17.7. The van der Waals surface area contributed by atoms with Crippen LogP contribution in [0.4, 0.5) is 0 Å². The Hall–Kier alpha value is -1.63. The first-order valence-electron chi connectivity index (χ1n) is 7.29. The number of rotatable bonds is 7. The van der Waals surface area contributed by atoms with Gasteiger partial charge in [-0.25, -0.2) is 5.43 Å². The van der Waals surface area contributed by atoms with Crippen molar-refractivity contribution in [1.82, 2.24) is 11.0 Å². The third-order valence-corrected chi connectivity index (χ3v) is 4.00. The molecule has 1 amide bonds. The third-order valence-electron chi connectivity index (χ3n) is 3.52. The lowest BCUT2D eigenvalue weighted by atomic mass is 9.99. The summed E-state index contributed by atoms with van der Waals surface area (Å²) in [5, 5.41) is 1.17. The van der Waals surface area contributed by atoms with Gasteiger partial charge in [0.25, 0.3) is 0 Å². The van der Waals surface area contributed by atoms with Crippen LogP contribution < -0.4 is 16.7 Å². The number of nitrogens with one attached hydrogen (secondary N) is 2. The predicted octanol–water partition coefficient (Wildman–Crippen LogP) is 3.48. The van der Waals surface area contributed by atoms with E-state index in [1.165, 1.54) is 0 Å². The molecular weight excluding hydrogens is 349 g/mol. The van der Waals surface area contributed by atoms with Crippen LogP contribution in [-0.2, 0) is 15.2 Å². The van der Waals surface area contributed by atoms with Crippen molar-refractivity contribution in [2.45, 2.75) is 25.5 Å². The number of hydrazine groups is 1. The number of amides is 1. The van der Waals surface area contributed by atoms with Crippen LogP contribution in [0, 0.1) is 0 Å². The molecule has 1 atom stereocenters. The SMILES string of the molecule is CC(C)(ONNC(C(N)=O)c1cccc(Cl)c1)c1ccc(Cl)cc1. The quantitative estimate of drug-likeness (QED) is 0.654. The van der Waals surface area contributed by atoms with Gasteiger partial charge in [-0.3, -0.25) is 9.63 Å². The van der Waals surface area contributed by atoms with Crippen molar-refractivity contribution >= 4 is 29.1 Å². The summed E-state index contributed by atoms with van der Waals surface area (Å²) in [6.45, 7) is 3.76. The maximum Gasteiger partial charge on any atom is 0.240 e. The molecular formula is C17H19Cl2N3O2. The molecule has 2 aromatic rings. The normalized spacial score (nSPS) is 12.8. The minimum absolute atomic E-state index is 0.517. The summed E-state index contributed by atoms with van der Waals surface area (Å²) >= 11 is 11.8. The van der Waals surface area contributed by atoms with E-state index in [2.05, 4.69) is 11.0 Å². The zero-order valence-electron chi connectivity index (χ0n) is 13.3. The number of hydrogen-bond acceptors (Lipinski definition) is 4. The molecule has 0 radical (unpaired) electrons. The van der Waals surface area contributed by atoms with Gasteiger partial charge >= 0.3 is 0 Å². The van der Waals surface area contributed by atoms with E-state index in [-0.39, 0.29) is 0 Å². The predicted molar refractivity (Wildman–Crippen MR) is 95.2 cm³/mol. The van der Waals surface area contributed by atoms with E-state index in [1.54, 1.807) is 36.4 Å². The molecule has 0 fully saturated rings. The van der Waals surface area contributed by atoms with Crippen molar-refractivity contribution < 1.29 is 9.63 Å². The van der Waals surface area contributed by atoms with Crippen LogP contribution in [-0.4, -0.2) is 5.91 Å². The van der Waals surface area contributed by atoms with Gasteiger partial charge in [-0.1, -0.05) is 47.5 Å². The van der Waals surface area contributed by atoms with Crippen LogP contribution in [0.1, 0.15) is 31.0 Å². The molecule has 0 aliphatic carbocycles. The van der Waals surface area contributed by atoms with Crippen LogP contribution in [0.15, 0.2) is 48.5 Å². The molecule has 5 nitrogen and oxygen atoms in total. The Labute approximate surface area is 151 Å². The van der Waals surface area contributed by atoms with E-state index in [1.807, 2.05) is 26.0 Å². The highest BCUT2D eigenvalue weighted by atomic mass is 35.5. The van der Waals surface area contributed by atoms with Crippen molar-refractivity contribution in [3.63, 3.8) is 0 Å². The van der Waals surface area contributed by atoms with E-state index in [0.717, 1.165) is 5.56 Å². The van der Waals surface area contributed by atoms with Crippen LogP contribution >= 0.6 is 23.2 Å². The Morgan fingerprint density at radius 2 is 1.79 bits per heavy atom. The largest absolute Gasteiger partial charge is 0.368 e. The molecule has 0 saturated carbocycles. The molecule has 1 unspecified atom stereocenters. The van der Waals surface area contributed by atoms with Gasteiger partial charge in [0.15, 0.2) is 0 Å². The minimum atomic E-state index is -0.787. The second-order valence-corrected chi connectivity index (χ2v) is 6.63. The molecule has 0 aliphatic rings. The Morgan fingerprint density at radius 3 is 2.38 bits per heavy atom. The first-order chi connectivity index (χ1) is 11.3. The minimum Gasteiger partial charge on any atom is -0.368 e. The highest BCUT2D eigenvalue weighted by molar-refractivity contribution is 6.30. The molecule has 0 spiro atoms. The number of benzene rings is 2. The molecule has 2 aromatic carbocycles. The standard InChI is InChI=1S/C17H19Cl2N3O2/c1-17(2,12-6-8-13(18)9-7-12)24-22-21-15(16(20)23)11-4-3-5-14(19)10-11/h3-10,15,21-22H,1-2H3,(H2,20,23). The second-order valence-electron chi connectivity index (χ2n) is 5.76. The molecule has 0 aliphatic heterocycles. The third kappa shape index (κ3) is 4.93. The second kappa shape index (κ2) is 7.96. The van der Waals surface area contributed by atoms with Crippen LogP contribution in [0.25, 0.3) is 0 Å². The Kier molecular flexibility index (Phi) is 6.21. The van der Waals surface area contributed by atoms with E-state index in [9.17, 15) is 4.79 Å². The average Bonchev–Trinajstić information content (AvgIpc) is 2.51. The fourth-order valence-corrected chi connectivity index (χ4v) is 2.46. The lowest BCUT2D eigenvalue weighted by Gasteiger charge is -2.27. The van der Waals surface area contributed by atoms with Crippen LogP contribution in [0.2, 0.25) is 10.0 Å². The maximum atomic E-state index is 11.7. The molecule has 4 N–H and O–H groups in total. The lowest BCUT2D eigenvalue weighted by molar-refractivity contribution is -0.131. The lowest BCUT2D eigenvalue weighted by Crippen LogP contribution is -2.45. The Balaban J connectivity index is 2.02. The zero-order valence-corrected chi connectivity index (χ0v) is 14.9. The first-order valence-corrected chi connectivity index (χ1v) is 8.04. The number of carbonyl (C=O) groups is 1. The molecule has 7 heteroatoms. The molecule has 0 saturated heterocycles. The summed E-state index contributed by atoms with van der Waals surface area (Å²) in [6, 6.07) is 13.4. The summed E-state index contributed by atoms with van der Waals surface area (Å²) in [5.41, 5.74) is 11.7. The Morgan fingerprint density at radius 1 is 1.12 bits per heavy atom. The molecule has 2 rings (SSSR count). The number of nitrogens with two attached hydrogens (primary N) is 1. The first kappa shape index (κ1) is 18.7. The van der Waals surface area contributed by atoms with Gasteiger partial charge in [0.05, 0.1) is 0 Å². The maximum absolute atomic E-state index is 11.7. The number of hydrogen-bond donors (Lipinski definition) is 3. The summed E-state index contributed by atoms with van der Waals surface area (Å²) in [7, 11) is 0. The highest BCUT2D eigenvalue weighted by Gasteiger charge is 2.24. The van der Waals surface area contributed by atoms with Crippen molar-refractivity contribution in [3.8, 4) is 0 Å². The van der Waals surface area contributed by atoms with Crippen molar-refractivity contribution in [2.24, 2.45) is 5.73 Å². The number of halogens is 2. The highest BCUT2D eigenvalue weighted by Crippen LogP contribution is 2.25. The van der Waals surface area contributed by atoms with Gasteiger partial charge in [0.1, 0.15) is 11.6 Å². The van der Waals surface area contributed by atoms with Gasteiger partial charge in [-0.05, 0) is 49.2 Å². The van der Waals surface area contributed by atoms with E-state index in [0.29, 0.717) is 15.6 Å². The van der Waals surface area contributed by atoms with E-state index >= 15 is 0 Å². The van der Waals surface area contributed by atoms with E-state index in [4.69, 9.17) is 33.8 Å². The Bertz CT molecular complexity index is 705. The van der Waals surface area contributed by atoms with Gasteiger partial charge in [-0.15, -0.1) is 5.59 Å². The molecule has 0 bridgehead atoms. The topological polar surface area (TPSA) is 76.4 Å². The smallest absolute Gasteiger partial charge is 0.240 e. The number of carbonyl (C=O) groups excluding carboxylic acids is 1. The molecule has 24 heavy (non-hydrogen) atoms. The fourth-order valence-electron chi connectivity index (χ4n) is 2.13. The van der Waals surface area contributed by atoms with Crippen LogP contribution in [0.3, 0.4) is 0 Å². The molecule has 0 heterocycles. The molecule has 128 valence electrons. The summed E-state index contributed by atoms with van der Waals surface area (Å²) in [6.07, 6.45) is 0. The summed E-state index contributed by atoms with van der Waals surface area (Å²) < 4.78 is 0. The summed E-state index contributed by atoms with van der Waals surface area (Å²) in [5.74, 6) is -0.558. The van der Waals surface area contributed by atoms with Crippen molar-refractivity contribution in [1.29, 1.82) is 0 Å². The monoisotopic (exact) mass is 367 g/mol. The summed E-state index contributed by atoms with van der Waals surface area (Å²) in [4.78, 5) is 17.3. The van der Waals surface area contributed by atoms with Gasteiger partial charge in [0.2, 0.25) is 5.91 Å². The van der Waals surface area contributed by atoms with Crippen molar-refractivity contribution in [2.75, 3.05) is 0 Å². The molecule has 0 aromatic heterocycles. The average molecular weight is 368 g/mol. The van der Waals surface area contributed by atoms with Gasteiger partial charge < -0.3 is 5.73 Å². The fraction of sp³-hybridized carbons (Fsp3) is 0.235. The van der Waals surface area contributed by atoms with Crippen molar-refractivity contribution in [3.05, 3.63) is 69.7 Å². The van der Waals surface area contributed by atoms with Gasteiger partial charge in [0, 0.05) is 10.0 Å².